The second-order valence-electron chi connectivity index (χ2n) is 5.98. The van der Waals surface area contributed by atoms with Crippen molar-refractivity contribution in [2.75, 3.05) is 19.6 Å². The van der Waals surface area contributed by atoms with Crippen molar-refractivity contribution in [3.8, 4) is 0 Å². The van der Waals surface area contributed by atoms with Gasteiger partial charge in [0.25, 0.3) is 0 Å². The highest BCUT2D eigenvalue weighted by Crippen LogP contribution is 2.29. The molecular weight excluding hydrogens is 276 g/mol. The summed E-state index contributed by atoms with van der Waals surface area (Å²) in [6.07, 6.45) is 3.80. The van der Waals surface area contributed by atoms with Crippen molar-refractivity contribution in [2.45, 2.75) is 25.3 Å². The number of likely N-dealkylation sites (tertiary alicyclic amines) is 1. The largest absolute Gasteiger partial charge is 0.329 e. The summed E-state index contributed by atoms with van der Waals surface area (Å²) in [4.78, 5) is 2.57. The number of nitrogens with two attached hydrogens (primary N) is 1. The van der Waals surface area contributed by atoms with E-state index < -0.39 is 0 Å². The van der Waals surface area contributed by atoms with Gasteiger partial charge in [0.2, 0.25) is 0 Å². The third-order valence-electron chi connectivity index (χ3n) is 4.61. The molecule has 1 aromatic carbocycles. The monoisotopic (exact) mass is 300 g/mol. The van der Waals surface area contributed by atoms with E-state index in [0.717, 1.165) is 12.5 Å². The Balaban J connectivity index is 1.55. The van der Waals surface area contributed by atoms with Crippen LogP contribution in [0.3, 0.4) is 0 Å². The van der Waals surface area contributed by atoms with E-state index in [-0.39, 0.29) is 0 Å². The van der Waals surface area contributed by atoms with Gasteiger partial charge in [-0.1, -0.05) is 30.3 Å². The average Bonchev–Trinajstić information content (AvgIpc) is 3.05. The molecule has 1 aliphatic rings. The fourth-order valence-electron chi connectivity index (χ4n) is 3.38. The van der Waals surface area contributed by atoms with Crippen molar-refractivity contribution in [1.29, 1.82) is 0 Å². The van der Waals surface area contributed by atoms with Gasteiger partial charge in [-0.25, -0.2) is 0 Å². The van der Waals surface area contributed by atoms with E-state index in [1.165, 1.54) is 43.5 Å². The van der Waals surface area contributed by atoms with Gasteiger partial charge in [0.1, 0.15) is 0 Å². The number of benzene rings is 1. The molecular formula is C18H24N2S. The summed E-state index contributed by atoms with van der Waals surface area (Å²) < 4.78 is 0. The summed E-state index contributed by atoms with van der Waals surface area (Å²) in [6, 6.07) is 13.5. The number of rotatable bonds is 5. The Labute approximate surface area is 131 Å². The van der Waals surface area contributed by atoms with E-state index >= 15 is 0 Å². The number of hydrogen-bond acceptors (Lipinski definition) is 3. The van der Waals surface area contributed by atoms with Crippen LogP contribution in [0.25, 0.3) is 0 Å². The second-order valence-corrected chi connectivity index (χ2v) is 6.76. The van der Waals surface area contributed by atoms with Gasteiger partial charge in [-0.05, 0) is 66.2 Å². The van der Waals surface area contributed by atoms with Gasteiger partial charge >= 0.3 is 0 Å². The molecule has 21 heavy (non-hydrogen) atoms. The predicted octanol–water partition coefficient (Wildman–Crippen LogP) is 3.70. The SMILES string of the molecule is NCC(c1ccsc1)N1CCC(Cc2ccccc2)CC1. The molecule has 1 saturated heterocycles. The van der Waals surface area contributed by atoms with Crippen LogP contribution in [0.1, 0.15) is 30.0 Å². The van der Waals surface area contributed by atoms with E-state index in [0.29, 0.717) is 6.04 Å². The van der Waals surface area contributed by atoms with Gasteiger partial charge < -0.3 is 5.73 Å². The quantitative estimate of drug-likeness (QED) is 0.912. The first-order chi connectivity index (χ1) is 10.4. The molecule has 1 atom stereocenters. The van der Waals surface area contributed by atoms with Crippen LogP contribution in [0.15, 0.2) is 47.2 Å². The summed E-state index contributed by atoms with van der Waals surface area (Å²) in [7, 11) is 0. The molecule has 1 aliphatic heterocycles. The normalized spacial score (nSPS) is 18.7. The Morgan fingerprint density at radius 2 is 1.90 bits per heavy atom. The van der Waals surface area contributed by atoms with Crippen LogP contribution >= 0.6 is 11.3 Å². The minimum atomic E-state index is 0.411. The molecule has 1 aromatic heterocycles. The lowest BCUT2D eigenvalue weighted by Crippen LogP contribution is -2.40. The molecule has 1 fully saturated rings. The summed E-state index contributed by atoms with van der Waals surface area (Å²) in [5.41, 5.74) is 8.88. The van der Waals surface area contributed by atoms with E-state index in [2.05, 4.69) is 52.1 Å². The average molecular weight is 300 g/mol. The Morgan fingerprint density at radius 1 is 1.14 bits per heavy atom. The van der Waals surface area contributed by atoms with E-state index in [9.17, 15) is 0 Å². The maximum Gasteiger partial charge on any atom is 0.0478 e. The lowest BCUT2D eigenvalue weighted by atomic mass is 9.89. The molecule has 3 rings (SSSR count). The molecule has 2 heterocycles. The number of thiophene rings is 1. The lowest BCUT2D eigenvalue weighted by molar-refractivity contribution is 0.135. The van der Waals surface area contributed by atoms with Crippen LogP contribution in [-0.2, 0) is 6.42 Å². The minimum Gasteiger partial charge on any atom is -0.329 e. The van der Waals surface area contributed by atoms with E-state index in [4.69, 9.17) is 5.73 Å². The predicted molar refractivity (Wildman–Crippen MR) is 90.6 cm³/mol. The fourth-order valence-corrected chi connectivity index (χ4v) is 4.08. The molecule has 112 valence electrons. The van der Waals surface area contributed by atoms with Crippen molar-refractivity contribution >= 4 is 11.3 Å². The smallest absolute Gasteiger partial charge is 0.0478 e. The number of hydrogen-bond donors (Lipinski definition) is 1. The van der Waals surface area contributed by atoms with Crippen LogP contribution < -0.4 is 5.73 Å². The van der Waals surface area contributed by atoms with E-state index in [1.807, 2.05) is 0 Å². The first-order valence-corrected chi connectivity index (χ1v) is 8.81. The van der Waals surface area contributed by atoms with Gasteiger partial charge in [-0.15, -0.1) is 0 Å². The maximum atomic E-state index is 6.02. The topological polar surface area (TPSA) is 29.3 Å². The first kappa shape index (κ1) is 14.8. The highest BCUT2D eigenvalue weighted by atomic mass is 32.1. The molecule has 2 nitrogen and oxygen atoms in total. The van der Waals surface area contributed by atoms with Crippen molar-refractivity contribution < 1.29 is 0 Å². The Morgan fingerprint density at radius 3 is 2.52 bits per heavy atom. The zero-order valence-electron chi connectivity index (χ0n) is 12.4. The third-order valence-corrected chi connectivity index (χ3v) is 5.31. The second kappa shape index (κ2) is 7.21. The van der Waals surface area contributed by atoms with Crippen molar-refractivity contribution in [1.82, 2.24) is 4.90 Å². The number of nitrogens with zero attached hydrogens (tertiary/aromatic N) is 1. The molecule has 2 N–H and O–H groups in total. The Kier molecular flexibility index (Phi) is 5.07. The van der Waals surface area contributed by atoms with Gasteiger partial charge in [0.05, 0.1) is 0 Å². The molecule has 3 heteroatoms. The molecule has 0 radical (unpaired) electrons. The first-order valence-electron chi connectivity index (χ1n) is 7.87. The zero-order valence-corrected chi connectivity index (χ0v) is 13.3. The van der Waals surface area contributed by atoms with Crippen LogP contribution in [0.2, 0.25) is 0 Å². The molecule has 0 bridgehead atoms. The summed E-state index contributed by atoms with van der Waals surface area (Å²) in [6.45, 7) is 3.07. The van der Waals surface area contributed by atoms with Crippen molar-refractivity contribution in [3.05, 3.63) is 58.3 Å². The van der Waals surface area contributed by atoms with Gasteiger partial charge in [-0.3, -0.25) is 4.90 Å². The zero-order chi connectivity index (χ0) is 14.5. The van der Waals surface area contributed by atoms with Gasteiger partial charge in [0, 0.05) is 12.6 Å². The van der Waals surface area contributed by atoms with Crippen LogP contribution in [0, 0.1) is 5.92 Å². The number of piperidine rings is 1. The van der Waals surface area contributed by atoms with Crippen molar-refractivity contribution in [2.24, 2.45) is 11.7 Å². The minimum absolute atomic E-state index is 0.411. The van der Waals surface area contributed by atoms with Crippen LogP contribution in [0.4, 0.5) is 0 Å². The standard InChI is InChI=1S/C18H24N2S/c19-13-18(17-8-11-21-14-17)20-9-6-16(7-10-20)12-15-4-2-1-3-5-15/h1-5,8,11,14,16,18H,6-7,9-10,12-13,19H2. The van der Waals surface area contributed by atoms with Crippen molar-refractivity contribution in [3.63, 3.8) is 0 Å². The molecule has 0 spiro atoms. The Hall–Kier alpha value is -1.16. The summed E-state index contributed by atoms with van der Waals surface area (Å²) in [5.74, 6) is 0.824. The lowest BCUT2D eigenvalue weighted by Gasteiger charge is -2.37. The maximum absolute atomic E-state index is 6.02. The highest BCUT2D eigenvalue weighted by Gasteiger charge is 2.25. The molecule has 0 saturated carbocycles. The van der Waals surface area contributed by atoms with Crippen LogP contribution in [0.5, 0.6) is 0 Å². The summed E-state index contributed by atoms with van der Waals surface area (Å²) >= 11 is 1.77. The fraction of sp³-hybridized carbons (Fsp3) is 0.444. The molecule has 1 unspecified atom stereocenters. The Bertz CT molecular complexity index is 515. The molecule has 0 aliphatic carbocycles. The summed E-state index contributed by atoms with van der Waals surface area (Å²) in [5, 5.41) is 4.40. The molecule has 0 amide bonds. The van der Waals surface area contributed by atoms with E-state index in [1.54, 1.807) is 11.3 Å². The van der Waals surface area contributed by atoms with Crippen LogP contribution in [-0.4, -0.2) is 24.5 Å². The molecule has 2 aromatic rings. The third kappa shape index (κ3) is 3.73. The van der Waals surface area contributed by atoms with Gasteiger partial charge in [0.15, 0.2) is 0 Å². The van der Waals surface area contributed by atoms with Gasteiger partial charge in [-0.2, -0.15) is 11.3 Å². The highest BCUT2D eigenvalue weighted by molar-refractivity contribution is 7.07.